The quantitative estimate of drug-likeness (QED) is 0.527. The topological polar surface area (TPSA) is 55.0 Å². The number of imidazole rings is 1. The number of H-pyrrole nitrogens is 1. The number of hydrogen-bond donors (Lipinski definition) is 1. The van der Waals surface area contributed by atoms with E-state index in [0.717, 1.165) is 6.42 Å². The van der Waals surface area contributed by atoms with Gasteiger partial charge in [0, 0.05) is 20.1 Å². The zero-order valence-corrected chi connectivity index (χ0v) is 7.04. The number of Topliss-reactive ketones (excluding diaryl/α,β-unsaturated/α-hetero) is 1. The van der Waals surface area contributed by atoms with E-state index in [-0.39, 0.29) is 5.78 Å². The molecule has 0 spiro atoms. The summed E-state index contributed by atoms with van der Waals surface area (Å²) in [6.07, 6.45) is 4.31. The number of nitrogens with one attached hydrogen (secondary N) is 1. The summed E-state index contributed by atoms with van der Waals surface area (Å²) >= 11 is 0. The third kappa shape index (κ3) is 2.47. The lowest BCUT2D eigenvalue weighted by atomic mass is 10.2. The SMILES string of the molecule is COCCCC(=O)c1cnc[nH]1. The summed E-state index contributed by atoms with van der Waals surface area (Å²) in [6.45, 7) is 0.625. The first-order chi connectivity index (χ1) is 5.84. The minimum absolute atomic E-state index is 0.0875. The zero-order chi connectivity index (χ0) is 8.81. The van der Waals surface area contributed by atoms with Gasteiger partial charge in [-0.05, 0) is 6.42 Å². The highest BCUT2D eigenvalue weighted by atomic mass is 16.5. The highest BCUT2D eigenvalue weighted by Gasteiger charge is 2.05. The monoisotopic (exact) mass is 168 g/mol. The van der Waals surface area contributed by atoms with E-state index in [1.807, 2.05) is 0 Å². The lowest BCUT2D eigenvalue weighted by molar-refractivity contribution is 0.0959. The molecule has 0 saturated carbocycles. The Morgan fingerprint density at radius 1 is 1.75 bits per heavy atom. The third-order valence-electron chi connectivity index (χ3n) is 1.55. The van der Waals surface area contributed by atoms with Crippen molar-refractivity contribution >= 4 is 5.78 Å². The molecule has 0 aliphatic rings. The molecule has 1 rings (SSSR count). The van der Waals surface area contributed by atoms with Gasteiger partial charge in [-0.3, -0.25) is 4.79 Å². The van der Waals surface area contributed by atoms with Gasteiger partial charge in [0.2, 0.25) is 0 Å². The number of aromatic nitrogens is 2. The van der Waals surface area contributed by atoms with Gasteiger partial charge in [0.15, 0.2) is 5.78 Å². The van der Waals surface area contributed by atoms with E-state index in [2.05, 4.69) is 9.97 Å². The maximum atomic E-state index is 11.3. The molecule has 1 N–H and O–H groups in total. The minimum atomic E-state index is 0.0875. The second-order valence-electron chi connectivity index (χ2n) is 2.48. The molecule has 66 valence electrons. The minimum Gasteiger partial charge on any atom is -0.385 e. The molecule has 0 unspecified atom stereocenters. The largest absolute Gasteiger partial charge is 0.385 e. The van der Waals surface area contributed by atoms with Crippen LogP contribution in [-0.2, 0) is 4.74 Å². The lowest BCUT2D eigenvalue weighted by Gasteiger charge is -1.96. The van der Waals surface area contributed by atoms with Crippen LogP contribution in [0.1, 0.15) is 23.3 Å². The average molecular weight is 168 g/mol. The van der Waals surface area contributed by atoms with Gasteiger partial charge in [-0.1, -0.05) is 0 Å². The van der Waals surface area contributed by atoms with Crippen LogP contribution in [-0.4, -0.2) is 29.5 Å². The zero-order valence-electron chi connectivity index (χ0n) is 7.04. The van der Waals surface area contributed by atoms with E-state index >= 15 is 0 Å². The van der Waals surface area contributed by atoms with Crippen LogP contribution in [0.15, 0.2) is 12.5 Å². The van der Waals surface area contributed by atoms with Gasteiger partial charge in [-0.25, -0.2) is 4.98 Å². The number of hydrogen-bond acceptors (Lipinski definition) is 3. The average Bonchev–Trinajstić information content (AvgIpc) is 2.56. The van der Waals surface area contributed by atoms with E-state index in [9.17, 15) is 4.79 Å². The Morgan fingerprint density at radius 2 is 2.58 bits per heavy atom. The number of ether oxygens (including phenoxy) is 1. The van der Waals surface area contributed by atoms with Crippen molar-refractivity contribution in [1.29, 1.82) is 0 Å². The maximum Gasteiger partial charge on any atom is 0.180 e. The molecule has 0 aliphatic heterocycles. The lowest BCUT2D eigenvalue weighted by Crippen LogP contribution is -2.01. The smallest absolute Gasteiger partial charge is 0.180 e. The molecule has 0 aromatic carbocycles. The van der Waals surface area contributed by atoms with E-state index < -0.39 is 0 Å². The van der Waals surface area contributed by atoms with Gasteiger partial charge in [-0.15, -0.1) is 0 Å². The van der Waals surface area contributed by atoms with Crippen molar-refractivity contribution in [1.82, 2.24) is 9.97 Å². The molecule has 12 heavy (non-hydrogen) atoms. The number of ketones is 1. The Kier molecular flexibility index (Phi) is 3.47. The molecule has 0 fully saturated rings. The predicted octanol–water partition coefficient (Wildman–Crippen LogP) is 1.02. The molecule has 4 nitrogen and oxygen atoms in total. The normalized spacial score (nSPS) is 10.1. The third-order valence-corrected chi connectivity index (χ3v) is 1.55. The van der Waals surface area contributed by atoms with Crippen LogP contribution in [0.25, 0.3) is 0 Å². The Morgan fingerprint density at radius 3 is 3.17 bits per heavy atom. The standard InChI is InChI=1S/C8H12N2O2/c1-12-4-2-3-8(11)7-5-9-6-10-7/h5-6H,2-4H2,1H3,(H,9,10). The number of nitrogens with zero attached hydrogens (tertiary/aromatic N) is 1. The summed E-state index contributed by atoms with van der Waals surface area (Å²) in [4.78, 5) is 17.8. The Labute approximate surface area is 71.0 Å². The van der Waals surface area contributed by atoms with Gasteiger partial charge in [0.25, 0.3) is 0 Å². The summed E-state index contributed by atoms with van der Waals surface area (Å²) in [5.74, 6) is 0.0875. The van der Waals surface area contributed by atoms with Crippen LogP contribution in [0.2, 0.25) is 0 Å². The van der Waals surface area contributed by atoms with Gasteiger partial charge in [0.05, 0.1) is 12.5 Å². The number of methoxy groups -OCH3 is 1. The van der Waals surface area contributed by atoms with E-state index in [1.165, 1.54) is 12.5 Å². The number of carbonyl (C=O) groups excluding carboxylic acids is 1. The fourth-order valence-corrected chi connectivity index (χ4v) is 0.920. The molecule has 0 aliphatic carbocycles. The van der Waals surface area contributed by atoms with Crippen molar-refractivity contribution in [3.8, 4) is 0 Å². The Hall–Kier alpha value is -1.16. The van der Waals surface area contributed by atoms with Crippen molar-refractivity contribution in [3.05, 3.63) is 18.2 Å². The van der Waals surface area contributed by atoms with Crippen molar-refractivity contribution < 1.29 is 9.53 Å². The van der Waals surface area contributed by atoms with E-state index in [4.69, 9.17) is 4.74 Å². The molecule has 0 radical (unpaired) electrons. The molecule has 1 aromatic heterocycles. The van der Waals surface area contributed by atoms with Crippen LogP contribution in [0.5, 0.6) is 0 Å². The molecular weight excluding hydrogens is 156 g/mol. The first-order valence-electron chi connectivity index (χ1n) is 3.85. The van der Waals surface area contributed by atoms with Gasteiger partial charge in [0.1, 0.15) is 5.69 Å². The fraction of sp³-hybridized carbons (Fsp3) is 0.500. The molecule has 0 bridgehead atoms. The molecule has 0 saturated heterocycles. The highest BCUT2D eigenvalue weighted by molar-refractivity contribution is 5.93. The van der Waals surface area contributed by atoms with Gasteiger partial charge >= 0.3 is 0 Å². The molecule has 4 heteroatoms. The van der Waals surface area contributed by atoms with Gasteiger partial charge in [-0.2, -0.15) is 0 Å². The van der Waals surface area contributed by atoms with Crippen molar-refractivity contribution in [2.45, 2.75) is 12.8 Å². The maximum absolute atomic E-state index is 11.3. The highest BCUT2D eigenvalue weighted by Crippen LogP contribution is 2.00. The van der Waals surface area contributed by atoms with Crippen LogP contribution in [0.4, 0.5) is 0 Å². The summed E-state index contributed by atoms with van der Waals surface area (Å²) in [6, 6.07) is 0. The van der Waals surface area contributed by atoms with E-state index in [0.29, 0.717) is 18.7 Å². The first kappa shape index (κ1) is 8.93. The second-order valence-corrected chi connectivity index (χ2v) is 2.48. The van der Waals surface area contributed by atoms with Crippen LogP contribution >= 0.6 is 0 Å². The van der Waals surface area contributed by atoms with Crippen LogP contribution in [0, 0.1) is 0 Å². The fourth-order valence-electron chi connectivity index (χ4n) is 0.920. The van der Waals surface area contributed by atoms with Crippen molar-refractivity contribution in [2.75, 3.05) is 13.7 Å². The molecule has 1 heterocycles. The predicted molar refractivity (Wildman–Crippen MR) is 44.0 cm³/mol. The van der Waals surface area contributed by atoms with Crippen LogP contribution in [0.3, 0.4) is 0 Å². The van der Waals surface area contributed by atoms with Crippen LogP contribution < -0.4 is 0 Å². The molecular formula is C8H12N2O2. The second kappa shape index (κ2) is 4.66. The van der Waals surface area contributed by atoms with Crippen molar-refractivity contribution in [3.63, 3.8) is 0 Å². The number of aromatic amines is 1. The van der Waals surface area contributed by atoms with Gasteiger partial charge < -0.3 is 9.72 Å². The summed E-state index contributed by atoms with van der Waals surface area (Å²) in [7, 11) is 1.63. The van der Waals surface area contributed by atoms with E-state index in [1.54, 1.807) is 7.11 Å². The molecule has 0 atom stereocenters. The van der Waals surface area contributed by atoms with Crippen molar-refractivity contribution in [2.24, 2.45) is 0 Å². The Balaban J connectivity index is 2.30. The number of carbonyl (C=O) groups is 1. The number of rotatable bonds is 5. The summed E-state index contributed by atoms with van der Waals surface area (Å²) in [5, 5.41) is 0. The molecule has 0 amide bonds. The Bertz CT molecular complexity index is 231. The summed E-state index contributed by atoms with van der Waals surface area (Å²) < 4.78 is 4.83. The summed E-state index contributed by atoms with van der Waals surface area (Å²) in [5.41, 5.74) is 0.575. The first-order valence-corrected chi connectivity index (χ1v) is 3.85. The molecule has 1 aromatic rings.